The number of benzene rings is 2. The molecule has 0 aliphatic rings. The molecule has 0 fully saturated rings. The summed E-state index contributed by atoms with van der Waals surface area (Å²) in [7, 11) is 1.65. The van der Waals surface area contributed by atoms with Gasteiger partial charge in [0.25, 0.3) is 0 Å². The maximum atomic E-state index is 13.3. The number of guanidine groups is 1. The zero-order chi connectivity index (χ0) is 18.1. The van der Waals surface area contributed by atoms with E-state index >= 15 is 0 Å². The van der Waals surface area contributed by atoms with Gasteiger partial charge in [-0.1, -0.05) is 36.4 Å². The van der Waals surface area contributed by atoms with Gasteiger partial charge >= 0.3 is 0 Å². The lowest BCUT2D eigenvalue weighted by atomic mass is 10.1. The molecule has 1 unspecified atom stereocenters. The first-order valence-electron chi connectivity index (χ1n) is 8.14. The Morgan fingerprint density at radius 2 is 1.85 bits per heavy atom. The summed E-state index contributed by atoms with van der Waals surface area (Å²) in [4.78, 5) is 4.12. The molecule has 1 atom stereocenters. The van der Waals surface area contributed by atoms with Crippen molar-refractivity contribution in [1.82, 2.24) is 10.6 Å². The van der Waals surface area contributed by atoms with Crippen LogP contribution in [0.25, 0.3) is 0 Å². The third-order valence-electron chi connectivity index (χ3n) is 3.67. The predicted molar refractivity (Wildman–Crippen MR) is 111 cm³/mol. The van der Waals surface area contributed by atoms with E-state index < -0.39 is 11.6 Å². The molecule has 142 valence electrons. The van der Waals surface area contributed by atoms with Gasteiger partial charge in [0.15, 0.2) is 17.6 Å². The van der Waals surface area contributed by atoms with E-state index in [0.717, 1.165) is 11.6 Å². The van der Waals surface area contributed by atoms with Crippen molar-refractivity contribution in [1.29, 1.82) is 0 Å². The molecule has 0 spiro atoms. The average molecular weight is 475 g/mol. The van der Waals surface area contributed by atoms with Crippen molar-refractivity contribution in [3.63, 3.8) is 0 Å². The second-order valence-electron chi connectivity index (χ2n) is 5.58. The van der Waals surface area contributed by atoms with E-state index in [-0.39, 0.29) is 30.0 Å². The van der Waals surface area contributed by atoms with Crippen LogP contribution in [0.4, 0.5) is 8.78 Å². The summed E-state index contributed by atoms with van der Waals surface area (Å²) in [6, 6.07) is 13.6. The van der Waals surface area contributed by atoms with E-state index in [4.69, 9.17) is 4.74 Å². The number of hydrogen-bond donors (Lipinski definition) is 2. The fourth-order valence-corrected chi connectivity index (χ4v) is 2.27. The molecule has 0 heterocycles. The van der Waals surface area contributed by atoms with Crippen molar-refractivity contribution in [3.8, 4) is 0 Å². The van der Waals surface area contributed by atoms with Crippen LogP contribution in [-0.2, 0) is 11.3 Å². The van der Waals surface area contributed by atoms with Gasteiger partial charge in [-0.3, -0.25) is 4.99 Å². The minimum absolute atomic E-state index is 0. The standard InChI is InChI=1S/C19H23F2N3O.HI/c1-14(16-8-9-17(20)18(21)12-16)24-19(22-2)23-10-11-25-13-15-6-4-3-5-7-15;/h3-9,12,14H,10-11,13H2,1-2H3,(H2,22,23,24);1H. The number of hydrogen-bond acceptors (Lipinski definition) is 2. The Labute approximate surface area is 170 Å². The fourth-order valence-electron chi connectivity index (χ4n) is 2.27. The summed E-state index contributed by atoms with van der Waals surface area (Å²) in [5.41, 5.74) is 1.76. The molecule has 2 N–H and O–H groups in total. The molecule has 0 aliphatic carbocycles. The van der Waals surface area contributed by atoms with Gasteiger partial charge in [0.1, 0.15) is 0 Å². The van der Waals surface area contributed by atoms with E-state index in [2.05, 4.69) is 15.6 Å². The Morgan fingerprint density at radius 3 is 2.50 bits per heavy atom. The highest BCUT2D eigenvalue weighted by Crippen LogP contribution is 2.15. The molecular weight excluding hydrogens is 451 g/mol. The number of nitrogens with zero attached hydrogens (tertiary/aromatic N) is 1. The highest BCUT2D eigenvalue weighted by atomic mass is 127. The van der Waals surface area contributed by atoms with Gasteiger partial charge in [-0.2, -0.15) is 0 Å². The normalized spacial score (nSPS) is 12.2. The van der Waals surface area contributed by atoms with E-state index in [1.54, 1.807) is 13.1 Å². The van der Waals surface area contributed by atoms with Gasteiger partial charge in [0, 0.05) is 13.6 Å². The highest BCUT2D eigenvalue weighted by molar-refractivity contribution is 14.0. The smallest absolute Gasteiger partial charge is 0.191 e. The Bertz CT molecular complexity index is 698. The zero-order valence-corrected chi connectivity index (χ0v) is 17.2. The second-order valence-corrected chi connectivity index (χ2v) is 5.58. The van der Waals surface area contributed by atoms with Crippen LogP contribution in [-0.4, -0.2) is 26.2 Å². The van der Waals surface area contributed by atoms with Crippen molar-refractivity contribution < 1.29 is 13.5 Å². The van der Waals surface area contributed by atoms with Crippen LogP contribution < -0.4 is 10.6 Å². The molecule has 0 amide bonds. The molecule has 0 saturated carbocycles. The van der Waals surface area contributed by atoms with Gasteiger partial charge in [0.2, 0.25) is 0 Å². The summed E-state index contributed by atoms with van der Waals surface area (Å²) < 4.78 is 31.9. The van der Waals surface area contributed by atoms with Crippen LogP contribution in [0.5, 0.6) is 0 Å². The third kappa shape index (κ3) is 7.25. The monoisotopic (exact) mass is 475 g/mol. The van der Waals surface area contributed by atoms with Crippen LogP contribution in [0.1, 0.15) is 24.1 Å². The molecule has 0 bridgehead atoms. The second kappa shape index (κ2) is 11.8. The molecule has 0 aromatic heterocycles. The lowest BCUT2D eigenvalue weighted by molar-refractivity contribution is 0.125. The molecule has 0 aliphatic heterocycles. The summed E-state index contributed by atoms with van der Waals surface area (Å²) in [6.45, 7) is 3.51. The van der Waals surface area contributed by atoms with Gasteiger partial charge in [0.05, 0.1) is 19.3 Å². The summed E-state index contributed by atoms with van der Waals surface area (Å²) in [5, 5.41) is 6.26. The summed E-state index contributed by atoms with van der Waals surface area (Å²) in [5.74, 6) is -1.14. The fraction of sp³-hybridized carbons (Fsp3) is 0.316. The van der Waals surface area contributed by atoms with Gasteiger partial charge in [-0.25, -0.2) is 8.78 Å². The molecule has 0 radical (unpaired) electrons. The van der Waals surface area contributed by atoms with E-state index in [0.29, 0.717) is 31.3 Å². The predicted octanol–water partition coefficient (Wildman–Crippen LogP) is 4.03. The van der Waals surface area contributed by atoms with Crippen molar-refractivity contribution in [2.24, 2.45) is 4.99 Å². The van der Waals surface area contributed by atoms with Crippen LogP contribution in [0.3, 0.4) is 0 Å². The highest BCUT2D eigenvalue weighted by Gasteiger charge is 2.10. The van der Waals surface area contributed by atoms with Crippen LogP contribution in [0.2, 0.25) is 0 Å². The van der Waals surface area contributed by atoms with Gasteiger partial charge in [-0.05, 0) is 30.2 Å². The lowest BCUT2D eigenvalue weighted by Crippen LogP contribution is -2.40. The minimum atomic E-state index is -0.858. The number of aliphatic imine (C=N–C) groups is 1. The molecule has 2 aromatic carbocycles. The van der Waals surface area contributed by atoms with Gasteiger partial charge < -0.3 is 15.4 Å². The first-order chi connectivity index (χ1) is 12.1. The van der Waals surface area contributed by atoms with Crippen molar-refractivity contribution in [2.75, 3.05) is 20.2 Å². The van der Waals surface area contributed by atoms with Crippen molar-refractivity contribution in [2.45, 2.75) is 19.6 Å². The third-order valence-corrected chi connectivity index (χ3v) is 3.67. The molecule has 4 nitrogen and oxygen atoms in total. The average Bonchev–Trinajstić information content (AvgIpc) is 2.63. The number of halogens is 3. The first kappa shape index (κ1) is 22.3. The number of ether oxygens (including phenoxy) is 1. The quantitative estimate of drug-likeness (QED) is 0.275. The maximum absolute atomic E-state index is 13.3. The van der Waals surface area contributed by atoms with E-state index in [9.17, 15) is 8.78 Å². The number of nitrogens with one attached hydrogen (secondary N) is 2. The Hall–Kier alpha value is -1.74. The molecule has 2 rings (SSSR count). The maximum Gasteiger partial charge on any atom is 0.191 e. The summed E-state index contributed by atoms with van der Waals surface area (Å²) in [6.07, 6.45) is 0. The molecular formula is C19H24F2IN3O. The lowest BCUT2D eigenvalue weighted by Gasteiger charge is -2.18. The first-order valence-corrected chi connectivity index (χ1v) is 8.14. The van der Waals surface area contributed by atoms with Crippen LogP contribution >= 0.6 is 24.0 Å². The molecule has 0 saturated heterocycles. The van der Waals surface area contributed by atoms with E-state index in [1.165, 1.54) is 6.07 Å². The van der Waals surface area contributed by atoms with Crippen LogP contribution in [0.15, 0.2) is 53.5 Å². The summed E-state index contributed by atoms with van der Waals surface area (Å²) >= 11 is 0. The molecule has 2 aromatic rings. The van der Waals surface area contributed by atoms with Crippen molar-refractivity contribution in [3.05, 3.63) is 71.3 Å². The largest absolute Gasteiger partial charge is 0.375 e. The molecule has 7 heteroatoms. The zero-order valence-electron chi connectivity index (χ0n) is 14.8. The van der Waals surface area contributed by atoms with Crippen molar-refractivity contribution >= 4 is 29.9 Å². The Morgan fingerprint density at radius 1 is 1.12 bits per heavy atom. The number of rotatable bonds is 7. The Balaban J connectivity index is 0.00000338. The Kier molecular flexibility index (Phi) is 10.1. The van der Waals surface area contributed by atoms with E-state index in [1.807, 2.05) is 37.3 Å². The SMILES string of the molecule is CN=C(NCCOCc1ccccc1)NC(C)c1ccc(F)c(F)c1.I. The van der Waals surface area contributed by atoms with Gasteiger partial charge in [-0.15, -0.1) is 24.0 Å². The molecule has 26 heavy (non-hydrogen) atoms. The topological polar surface area (TPSA) is 45.7 Å². The van der Waals surface area contributed by atoms with Crippen LogP contribution in [0, 0.1) is 11.6 Å². The minimum Gasteiger partial charge on any atom is -0.375 e.